The van der Waals surface area contributed by atoms with Gasteiger partial charge in [-0.25, -0.2) is 8.78 Å². The third kappa shape index (κ3) is 4.48. The average Bonchev–Trinajstić information content (AvgIpc) is 2.24. The molecule has 0 aromatic heterocycles. The summed E-state index contributed by atoms with van der Waals surface area (Å²) in [5, 5.41) is 0.0106. The lowest BCUT2D eigenvalue weighted by atomic mass is 10.0. The number of hydrogen-bond donors (Lipinski definition) is 0. The molecule has 1 atom stereocenters. The molecule has 0 saturated carbocycles. The molecule has 0 aliphatic carbocycles. The molecular formula is C13H17ClF2. The summed E-state index contributed by atoms with van der Waals surface area (Å²) < 4.78 is 25.6. The standard InChI is InChI=1S/C13H17ClF2/c1-2-3-4-5-11(14)8-10-6-7-12(15)13(16)9-10/h6-7,9,11H,2-5,8H2,1H3. The van der Waals surface area contributed by atoms with Crippen molar-refractivity contribution in [2.45, 2.75) is 44.4 Å². The van der Waals surface area contributed by atoms with Crippen LogP contribution in [0.15, 0.2) is 18.2 Å². The van der Waals surface area contributed by atoms with E-state index in [4.69, 9.17) is 11.6 Å². The van der Waals surface area contributed by atoms with E-state index in [1.54, 1.807) is 6.07 Å². The smallest absolute Gasteiger partial charge is 0.159 e. The first-order valence-electron chi connectivity index (χ1n) is 5.71. The Morgan fingerprint density at radius 1 is 1.19 bits per heavy atom. The molecule has 0 bridgehead atoms. The molecule has 0 amide bonds. The molecule has 0 saturated heterocycles. The molecule has 0 heterocycles. The Morgan fingerprint density at radius 2 is 1.94 bits per heavy atom. The molecule has 0 spiro atoms. The summed E-state index contributed by atoms with van der Waals surface area (Å²) in [6, 6.07) is 3.97. The second-order valence-electron chi connectivity index (χ2n) is 4.05. The van der Waals surface area contributed by atoms with Gasteiger partial charge in [0.25, 0.3) is 0 Å². The summed E-state index contributed by atoms with van der Waals surface area (Å²) in [6.45, 7) is 2.14. The number of benzene rings is 1. The van der Waals surface area contributed by atoms with Crippen molar-refractivity contribution in [1.29, 1.82) is 0 Å². The van der Waals surface area contributed by atoms with Crippen molar-refractivity contribution in [1.82, 2.24) is 0 Å². The van der Waals surface area contributed by atoms with Gasteiger partial charge in [0, 0.05) is 5.38 Å². The maximum absolute atomic E-state index is 12.9. The molecule has 0 nitrogen and oxygen atoms in total. The van der Waals surface area contributed by atoms with Gasteiger partial charge in [-0.2, -0.15) is 0 Å². The van der Waals surface area contributed by atoms with E-state index in [1.807, 2.05) is 0 Å². The van der Waals surface area contributed by atoms with Crippen LogP contribution in [0.4, 0.5) is 8.78 Å². The summed E-state index contributed by atoms with van der Waals surface area (Å²) in [5.74, 6) is -1.60. The van der Waals surface area contributed by atoms with Crippen LogP contribution in [0.2, 0.25) is 0 Å². The number of rotatable bonds is 6. The SMILES string of the molecule is CCCCCC(Cl)Cc1ccc(F)c(F)c1. The van der Waals surface area contributed by atoms with Crippen LogP contribution in [0.5, 0.6) is 0 Å². The third-order valence-corrected chi connectivity index (χ3v) is 2.93. The fourth-order valence-corrected chi connectivity index (χ4v) is 1.97. The van der Waals surface area contributed by atoms with Crippen LogP contribution in [0.3, 0.4) is 0 Å². The Balaban J connectivity index is 2.43. The highest BCUT2D eigenvalue weighted by atomic mass is 35.5. The van der Waals surface area contributed by atoms with E-state index in [0.717, 1.165) is 30.9 Å². The highest BCUT2D eigenvalue weighted by molar-refractivity contribution is 6.20. The van der Waals surface area contributed by atoms with E-state index >= 15 is 0 Å². The summed E-state index contributed by atoms with van der Waals surface area (Å²) in [5.41, 5.74) is 0.760. The van der Waals surface area contributed by atoms with E-state index in [1.165, 1.54) is 12.5 Å². The fourth-order valence-electron chi connectivity index (χ4n) is 1.64. The van der Waals surface area contributed by atoms with Gasteiger partial charge in [0.1, 0.15) is 0 Å². The van der Waals surface area contributed by atoms with Gasteiger partial charge in [-0.15, -0.1) is 11.6 Å². The molecule has 0 fully saturated rings. The van der Waals surface area contributed by atoms with Crippen molar-refractivity contribution < 1.29 is 8.78 Å². The molecule has 16 heavy (non-hydrogen) atoms. The molecule has 1 aromatic carbocycles. The quantitative estimate of drug-likeness (QED) is 0.504. The van der Waals surface area contributed by atoms with Crippen molar-refractivity contribution in [3.8, 4) is 0 Å². The maximum Gasteiger partial charge on any atom is 0.159 e. The van der Waals surface area contributed by atoms with Gasteiger partial charge in [0.2, 0.25) is 0 Å². The number of unbranched alkanes of at least 4 members (excludes halogenated alkanes) is 2. The molecule has 3 heteroatoms. The normalized spacial score (nSPS) is 12.8. The molecule has 90 valence electrons. The lowest BCUT2D eigenvalue weighted by Gasteiger charge is -2.09. The van der Waals surface area contributed by atoms with E-state index in [0.29, 0.717) is 6.42 Å². The highest BCUT2D eigenvalue weighted by Crippen LogP contribution is 2.16. The third-order valence-electron chi connectivity index (χ3n) is 2.56. The molecular weight excluding hydrogens is 230 g/mol. The Labute approximate surface area is 101 Å². The highest BCUT2D eigenvalue weighted by Gasteiger charge is 2.08. The minimum absolute atomic E-state index is 0.0106. The number of alkyl halides is 1. The lowest BCUT2D eigenvalue weighted by Crippen LogP contribution is -2.04. The van der Waals surface area contributed by atoms with Crippen LogP contribution in [-0.2, 0) is 6.42 Å². The second kappa shape index (κ2) is 6.85. The molecule has 0 radical (unpaired) electrons. The van der Waals surface area contributed by atoms with Crippen LogP contribution in [0, 0.1) is 11.6 Å². The zero-order chi connectivity index (χ0) is 12.0. The molecule has 1 rings (SSSR count). The Kier molecular flexibility index (Phi) is 5.75. The van der Waals surface area contributed by atoms with Crippen LogP contribution in [-0.4, -0.2) is 5.38 Å². The van der Waals surface area contributed by atoms with Crippen molar-refractivity contribution in [3.63, 3.8) is 0 Å². The first-order chi connectivity index (χ1) is 7.63. The number of halogens is 3. The second-order valence-corrected chi connectivity index (χ2v) is 4.66. The topological polar surface area (TPSA) is 0 Å². The van der Waals surface area contributed by atoms with Crippen molar-refractivity contribution in [3.05, 3.63) is 35.4 Å². The predicted octanol–water partition coefficient (Wildman–Crippen LogP) is 4.70. The summed E-state index contributed by atoms with van der Waals surface area (Å²) >= 11 is 6.13. The zero-order valence-corrected chi connectivity index (χ0v) is 10.2. The molecule has 0 aliphatic rings. The van der Waals surface area contributed by atoms with E-state index in [9.17, 15) is 8.78 Å². The first kappa shape index (κ1) is 13.4. The molecule has 0 N–H and O–H groups in total. The summed E-state index contributed by atoms with van der Waals surface area (Å²) in [6.07, 6.45) is 4.95. The van der Waals surface area contributed by atoms with Gasteiger partial charge in [-0.05, 0) is 30.5 Å². The molecule has 1 aromatic rings. The maximum atomic E-state index is 12.9. The average molecular weight is 247 g/mol. The van der Waals surface area contributed by atoms with Gasteiger partial charge in [0.05, 0.1) is 0 Å². The molecule has 0 aliphatic heterocycles. The van der Waals surface area contributed by atoms with Gasteiger partial charge in [-0.3, -0.25) is 0 Å². The summed E-state index contributed by atoms with van der Waals surface area (Å²) in [4.78, 5) is 0. The van der Waals surface area contributed by atoms with E-state index in [-0.39, 0.29) is 5.38 Å². The molecule has 1 unspecified atom stereocenters. The minimum Gasteiger partial charge on any atom is -0.204 e. The lowest BCUT2D eigenvalue weighted by molar-refractivity contribution is 0.506. The minimum atomic E-state index is -0.805. The van der Waals surface area contributed by atoms with Crippen LogP contribution < -0.4 is 0 Å². The largest absolute Gasteiger partial charge is 0.204 e. The van der Waals surface area contributed by atoms with Crippen LogP contribution in [0.1, 0.15) is 38.2 Å². The Bertz CT molecular complexity index is 326. The van der Waals surface area contributed by atoms with Gasteiger partial charge in [0.15, 0.2) is 11.6 Å². The fraction of sp³-hybridized carbons (Fsp3) is 0.538. The first-order valence-corrected chi connectivity index (χ1v) is 6.15. The van der Waals surface area contributed by atoms with Gasteiger partial charge in [-0.1, -0.05) is 32.3 Å². The monoisotopic (exact) mass is 246 g/mol. The Hall–Kier alpha value is -0.630. The van der Waals surface area contributed by atoms with Crippen LogP contribution in [0.25, 0.3) is 0 Å². The van der Waals surface area contributed by atoms with Crippen molar-refractivity contribution in [2.75, 3.05) is 0 Å². The van der Waals surface area contributed by atoms with Gasteiger partial charge >= 0.3 is 0 Å². The van der Waals surface area contributed by atoms with Crippen molar-refractivity contribution >= 4 is 11.6 Å². The van der Waals surface area contributed by atoms with Crippen LogP contribution >= 0.6 is 11.6 Å². The predicted molar refractivity (Wildman–Crippen MR) is 63.8 cm³/mol. The van der Waals surface area contributed by atoms with Crippen molar-refractivity contribution in [2.24, 2.45) is 0 Å². The van der Waals surface area contributed by atoms with Gasteiger partial charge < -0.3 is 0 Å². The zero-order valence-electron chi connectivity index (χ0n) is 9.48. The van der Waals surface area contributed by atoms with E-state index < -0.39 is 11.6 Å². The number of hydrogen-bond acceptors (Lipinski definition) is 0. The summed E-state index contributed by atoms with van der Waals surface area (Å²) in [7, 11) is 0. The Morgan fingerprint density at radius 3 is 2.56 bits per heavy atom. The van der Waals surface area contributed by atoms with E-state index in [2.05, 4.69) is 6.92 Å².